The molecule has 16 heavy (non-hydrogen) atoms. The van der Waals surface area contributed by atoms with Gasteiger partial charge in [0, 0.05) is 19.5 Å². The topological polar surface area (TPSA) is 57.6 Å². The first-order chi connectivity index (χ1) is 7.61. The predicted octanol–water partition coefficient (Wildman–Crippen LogP) is 1.83. The van der Waals surface area contributed by atoms with Crippen molar-refractivity contribution in [2.45, 2.75) is 25.7 Å². The van der Waals surface area contributed by atoms with Gasteiger partial charge in [0.15, 0.2) is 0 Å². The van der Waals surface area contributed by atoms with E-state index in [0.717, 1.165) is 12.8 Å². The molecule has 90 valence electrons. The van der Waals surface area contributed by atoms with Crippen LogP contribution in [-0.4, -0.2) is 35.0 Å². The lowest BCUT2D eigenvalue weighted by Gasteiger charge is -2.18. The first kappa shape index (κ1) is 14.4. The first-order valence-electron chi connectivity index (χ1n) is 5.35. The average Bonchev–Trinajstić information content (AvgIpc) is 2.25. The molecule has 0 aromatic rings. The number of unbranched alkanes of at least 4 members (excludes halogenated alkanes) is 2. The summed E-state index contributed by atoms with van der Waals surface area (Å²) in [5.74, 6) is -0.886. The van der Waals surface area contributed by atoms with Crippen LogP contribution in [0.25, 0.3) is 0 Å². The maximum absolute atomic E-state index is 11.3. The third kappa shape index (κ3) is 6.81. The molecule has 0 aliphatic heterocycles. The second-order valence-electron chi connectivity index (χ2n) is 3.48. The zero-order valence-corrected chi connectivity index (χ0v) is 9.52. The molecule has 0 aromatic carbocycles. The van der Waals surface area contributed by atoms with E-state index in [0.29, 0.717) is 19.5 Å². The fraction of sp³-hybridized carbons (Fsp3) is 0.500. The van der Waals surface area contributed by atoms with Crippen LogP contribution in [0, 0.1) is 0 Å². The van der Waals surface area contributed by atoms with Gasteiger partial charge in [-0.25, -0.2) is 0 Å². The molecule has 0 saturated carbocycles. The molecule has 1 N–H and O–H groups in total. The monoisotopic (exact) mass is 225 g/mol. The third-order valence-corrected chi connectivity index (χ3v) is 2.15. The molecule has 4 heteroatoms. The van der Waals surface area contributed by atoms with Crippen LogP contribution in [0.2, 0.25) is 0 Å². The molecule has 0 atom stereocenters. The minimum absolute atomic E-state index is 0.113. The highest BCUT2D eigenvalue weighted by atomic mass is 16.4. The maximum atomic E-state index is 11.3. The van der Waals surface area contributed by atoms with Crippen LogP contribution in [0.1, 0.15) is 25.7 Å². The molecule has 0 spiro atoms. The van der Waals surface area contributed by atoms with Gasteiger partial charge in [0.25, 0.3) is 0 Å². The number of aliphatic carboxylic acids is 1. The standard InChI is InChI=1S/C12H19NO3/c1-3-9-13(11(14)4-2)10-7-5-6-8-12(15)16/h3-4H,1-2,5-10H2,(H,15,16). The number of hydrogen-bond donors (Lipinski definition) is 1. The highest BCUT2D eigenvalue weighted by Crippen LogP contribution is 2.02. The number of nitrogens with zero attached hydrogens (tertiary/aromatic N) is 1. The fourth-order valence-electron chi connectivity index (χ4n) is 1.33. The Kier molecular flexibility index (Phi) is 7.85. The predicted molar refractivity (Wildman–Crippen MR) is 63.1 cm³/mol. The lowest BCUT2D eigenvalue weighted by atomic mass is 10.2. The normalized spacial score (nSPS) is 9.50. The molecule has 0 saturated heterocycles. The van der Waals surface area contributed by atoms with E-state index in [-0.39, 0.29) is 12.3 Å². The van der Waals surface area contributed by atoms with E-state index >= 15 is 0 Å². The van der Waals surface area contributed by atoms with E-state index in [2.05, 4.69) is 13.2 Å². The van der Waals surface area contributed by atoms with Gasteiger partial charge in [0.2, 0.25) is 5.91 Å². The molecule has 0 aliphatic carbocycles. The van der Waals surface area contributed by atoms with E-state index < -0.39 is 5.97 Å². The Morgan fingerprint density at radius 2 is 1.88 bits per heavy atom. The summed E-state index contributed by atoms with van der Waals surface area (Å²) in [7, 11) is 0. The first-order valence-corrected chi connectivity index (χ1v) is 5.35. The molecule has 0 unspecified atom stereocenters. The van der Waals surface area contributed by atoms with Crippen LogP contribution in [0.3, 0.4) is 0 Å². The van der Waals surface area contributed by atoms with Crippen molar-refractivity contribution in [2.75, 3.05) is 13.1 Å². The quantitative estimate of drug-likeness (QED) is 0.370. The molecule has 4 nitrogen and oxygen atoms in total. The summed E-state index contributed by atoms with van der Waals surface area (Å²) in [6.45, 7) is 8.13. The zero-order chi connectivity index (χ0) is 12.4. The van der Waals surface area contributed by atoms with Crippen LogP contribution in [-0.2, 0) is 9.59 Å². The summed E-state index contributed by atoms with van der Waals surface area (Å²) in [5, 5.41) is 8.44. The van der Waals surface area contributed by atoms with Gasteiger partial charge in [-0.3, -0.25) is 9.59 Å². The summed E-state index contributed by atoms with van der Waals surface area (Å²) < 4.78 is 0. The molecule has 0 rings (SSSR count). The number of hydrogen-bond acceptors (Lipinski definition) is 2. The number of amides is 1. The average molecular weight is 225 g/mol. The smallest absolute Gasteiger partial charge is 0.303 e. The Morgan fingerprint density at radius 1 is 1.19 bits per heavy atom. The van der Waals surface area contributed by atoms with E-state index in [4.69, 9.17) is 5.11 Å². The van der Waals surface area contributed by atoms with Gasteiger partial charge in [-0.1, -0.05) is 19.1 Å². The number of carboxylic acid groups (broad SMARTS) is 1. The largest absolute Gasteiger partial charge is 0.481 e. The van der Waals surface area contributed by atoms with Gasteiger partial charge in [-0.15, -0.1) is 6.58 Å². The molecule has 0 aliphatic rings. The van der Waals surface area contributed by atoms with Gasteiger partial charge in [-0.2, -0.15) is 0 Å². The molecule has 0 fully saturated rings. The van der Waals surface area contributed by atoms with Crippen LogP contribution < -0.4 is 0 Å². The van der Waals surface area contributed by atoms with Crippen LogP contribution in [0.5, 0.6) is 0 Å². The van der Waals surface area contributed by atoms with Crippen molar-refractivity contribution in [3.63, 3.8) is 0 Å². The summed E-state index contributed by atoms with van der Waals surface area (Å²) in [6.07, 6.45) is 5.40. The molecule has 0 bridgehead atoms. The van der Waals surface area contributed by atoms with Gasteiger partial charge in [-0.05, 0) is 18.9 Å². The highest BCUT2D eigenvalue weighted by molar-refractivity contribution is 5.87. The maximum Gasteiger partial charge on any atom is 0.303 e. The van der Waals surface area contributed by atoms with Crippen LogP contribution in [0.15, 0.2) is 25.3 Å². The molecule has 0 heterocycles. The van der Waals surface area contributed by atoms with E-state index in [1.54, 1.807) is 11.0 Å². The van der Waals surface area contributed by atoms with Gasteiger partial charge in [0.05, 0.1) is 0 Å². The lowest BCUT2D eigenvalue weighted by molar-refractivity contribution is -0.137. The van der Waals surface area contributed by atoms with E-state index in [1.807, 2.05) is 0 Å². The second kappa shape index (κ2) is 8.71. The van der Waals surface area contributed by atoms with Crippen molar-refractivity contribution >= 4 is 11.9 Å². The van der Waals surface area contributed by atoms with Gasteiger partial charge >= 0.3 is 5.97 Å². The number of carboxylic acids is 1. The highest BCUT2D eigenvalue weighted by Gasteiger charge is 2.07. The summed E-state index contributed by atoms with van der Waals surface area (Å²) >= 11 is 0. The van der Waals surface area contributed by atoms with E-state index in [9.17, 15) is 9.59 Å². The Labute approximate surface area is 96.3 Å². The summed E-state index contributed by atoms with van der Waals surface area (Å²) in [4.78, 5) is 23.2. The molecule has 0 radical (unpaired) electrons. The Hall–Kier alpha value is -1.58. The molecule has 1 amide bonds. The molecule has 0 aromatic heterocycles. The van der Waals surface area contributed by atoms with Crippen molar-refractivity contribution < 1.29 is 14.7 Å². The number of rotatable bonds is 9. The van der Waals surface area contributed by atoms with Crippen molar-refractivity contribution in [3.8, 4) is 0 Å². The van der Waals surface area contributed by atoms with Crippen molar-refractivity contribution in [1.29, 1.82) is 0 Å². The molecular weight excluding hydrogens is 206 g/mol. The van der Waals surface area contributed by atoms with Gasteiger partial charge < -0.3 is 10.0 Å². The zero-order valence-electron chi connectivity index (χ0n) is 9.52. The third-order valence-electron chi connectivity index (χ3n) is 2.15. The Balaban J connectivity index is 3.76. The fourth-order valence-corrected chi connectivity index (χ4v) is 1.33. The number of carbonyl (C=O) groups is 2. The minimum Gasteiger partial charge on any atom is -0.481 e. The van der Waals surface area contributed by atoms with E-state index in [1.165, 1.54) is 6.08 Å². The van der Waals surface area contributed by atoms with Gasteiger partial charge in [0.1, 0.15) is 0 Å². The van der Waals surface area contributed by atoms with Crippen LogP contribution in [0.4, 0.5) is 0 Å². The van der Waals surface area contributed by atoms with Crippen molar-refractivity contribution in [3.05, 3.63) is 25.3 Å². The minimum atomic E-state index is -0.773. The SMILES string of the molecule is C=CCN(CCCCCC(=O)O)C(=O)C=C. The summed E-state index contributed by atoms with van der Waals surface area (Å²) in [5.41, 5.74) is 0. The second-order valence-corrected chi connectivity index (χ2v) is 3.48. The summed E-state index contributed by atoms with van der Waals surface area (Å²) in [6, 6.07) is 0. The van der Waals surface area contributed by atoms with Crippen LogP contribution >= 0.6 is 0 Å². The van der Waals surface area contributed by atoms with Crippen molar-refractivity contribution in [2.24, 2.45) is 0 Å². The lowest BCUT2D eigenvalue weighted by Crippen LogP contribution is -2.30. The molecular formula is C12H19NO3. The number of carbonyl (C=O) groups excluding carboxylic acids is 1. The Bertz CT molecular complexity index is 261. The van der Waals surface area contributed by atoms with Crippen molar-refractivity contribution in [1.82, 2.24) is 4.90 Å². The Morgan fingerprint density at radius 3 is 2.38 bits per heavy atom.